The smallest absolute Gasteiger partial charge is 0.0304 e. The monoisotopic (exact) mass is 338 g/mol. The van der Waals surface area contributed by atoms with Gasteiger partial charge in [-0.3, -0.25) is 4.90 Å². The third-order valence-electron chi connectivity index (χ3n) is 4.86. The zero-order valence-corrected chi connectivity index (χ0v) is 14.8. The zero-order chi connectivity index (χ0) is 14.8. The van der Waals surface area contributed by atoms with Gasteiger partial charge in [0.1, 0.15) is 0 Å². The highest BCUT2D eigenvalue weighted by molar-refractivity contribution is 9.10. The lowest BCUT2D eigenvalue weighted by Gasteiger charge is -2.52. The van der Waals surface area contributed by atoms with Crippen molar-refractivity contribution in [2.45, 2.75) is 58.2 Å². The number of benzene rings is 1. The first-order valence-electron chi connectivity index (χ1n) is 7.65. The van der Waals surface area contributed by atoms with Crippen molar-refractivity contribution < 1.29 is 0 Å². The van der Waals surface area contributed by atoms with Crippen LogP contribution in [0.4, 0.5) is 0 Å². The summed E-state index contributed by atoms with van der Waals surface area (Å²) in [6.45, 7) is 12.5. The van der Waals surface area contributed by atoms with E-state index in [2.05, 4.69) is 78.1 Å². The van der Waals surface area contributed by atoms with Crippen LogP contribution in [0.25, 0.3) is 0 Å². The molecule has 1 aromatic rings. The molecule has 2 nitrogen and oxygen atoms in total. The number of rotatable bonds is 4. The van der Waals surface area contributed by atoms with Gasteiger partial charge in [0.05, 0.1) is 0 Å². The quantitative estimate of drug-likeness (QED) is 0.885. The molecule has 1 N–H and O–H groups in total. The van der Waals surface area contributed by atoms with Gasteiger partial charge in [0.25, 0.3) is 0 Å². The molecular weight excluding hydrogens is 312 g/mol. The summed E-state index contributed by atoms with van der Waals surface area (Å²) in [5.74, 6) is 0. The summed E-state index contributed by atoms with van der Waals surface area (Å²) >= 11 is 3.57. The maximum atomic E-state index is 3.80. The second-order valence-electron chi connectivity index (χ2n) is 6.64. The Hall–Kier alpha value is -0.380. The maximum absolute atomic E-state index is 3.80. The fourth-order valence-electron chi connectivity index (χ4n) is 3.00. The molecule has 1 aliphatic heterocycles. The lowest BCUT2D eigenvalue weighted by molar-refractivity contribution is 0.0161. The molecule has 3 heteroatoms. The maximum Gasteiger partial charge on any atom is 0.0304 e. The third kappa shape index (κ3) is 3.44. The predicted molar refractivity (Wildman–Crippen MR) is 89.9 cm³/mol. The zero-order valence-electron chi connectivity index (χ0n) is 13.2. The van der Waals surface area contributed by atoms with Crippen LogP contribution >= 0.6 is 15.9 Å². The van der Waals surface area contributed by atoms with Crippen molar-refractivity contribution in [3.05, 3.63) is 34.3 Å². The summed E-state index contributed by atoms with van der Waals surface area (Å²) in [5.41, 5.74) is 1.87. The van der Waals surface area contributed by atoms with Crippen LogP contribution in [0.15, 0.2) is 28.7 Å². The SMILES string of the molecule is CCC1(CC)CN(Cc2cccc(Br)c2)C(C)(C)CN1. The predicted octanol–water partition coefficient (Wildman–Crippen LogP) is 4.19. The van der Waals surface area contributed by atoms with E-state index in [0.29, 0.717) is 0 Å². The second-order valence-corrected chi connectivity index (χ2v) is 7.56. The Labute approximate surface area is 132 Å². The molecule has 1 heterocycles. The van der Waals surface area contributed by atoms with Crippen molar-refractivity contribution >= 4 is 15.9 Å². The highest BCUT2D eigenvalue weighted by atomic mass is 79.9. The number of piperazine rings is 1. The van der Waals surface area contributed by atoms with E-state index in [1.54, 1.807) is 0 Å². The molecular formula is C17H27BrN2. The Bertz CT molecular complexity index is 452. The van der Waals surface area contributed by atoms with Crippen LogP contribution in [-0.4, -0.2) is 29.1 Å². The van der Waals surface area contributed by atoms with Gasteiger partial charge in [0.15, 0.2) is 0 Å². The molecule has 0 radical (unpaired) electrons. The first kappa shape index (κ1) is 16.0. The number of hydrogen-bond acceptors (Lipinski definition) is 2. The van der Waals surface area contributed by atoms with E-state index < -0.39 is 0 Å². The Morgan fingerprint density at radius 1 is 1.25 bits per heavy atom. The molecule has 1 aromatic carbocycles. The van der Waals surface area contributed by atoms with Crippen molar-refractivity contribution in [3.63, 3.8) is 0 Å². The van der Waals surface area contributed by atoms with E-state index in [1.165, 1.54) is 22.9 Å². The van der Waals surface area contributed by atoms with Gasteiger partial charge in [-0.05, 0) is 44.4 Å². The molecule has 0 unspecified atom stereocenters. The minimum atomic E-state index is 0.205. The van der Waals surface area contributed by atoms with Crippen LogP contribution in [0, 0.1) is 0 Å². The van der Waals surface area contributed by atoms with Crippen LogP contribution in [0.1, 0.15) is 46.1 Å². The molecule has 20 heavy (non-hydrogen) atoms. The number of nitrogens with zero attached hydrogens (tertiary/aromatic N) is 1. The molecule has 2 rings (SSSR count). The van der Waals surface area contributed by atoms with Crippen molar-refractivity contribution in [2.75, 3.05) is 13.1 Å². The Kier molecular flexibility index (Phi) is 4.93. The van der Waals surface area contributed by atoms with Crippen LogP contribution < -0.4 is 5.32 Å². The van der Waals surface area contributed by atoms with Gasteiger partial charge in [0, 0.05) is 35.2 Å². The lowest BCUT2D eigenvalue weighted by Crippen LogP contribution is -2.67. The minimum absolute atomic E-state index is 0.205. The third-order valence-corrected chi connectivity index (χ3v) is 5.35. The molecule has 0 spiro atoms. The summed E-state index contributed by atoms with van der Waals surface area (Å²) in [6.07, 6.45) is 2.38. The van der Waals surface area contributed by atoms with E-state index >= 15 is 0 Å². The molecule has 1 fully saturated rings. The number of nitrogens with one attached hydrogen (secondary N) is 1. The summed E-state index contributed by atoms with van der Waals surface area (Å²) in [4.78, 5) is 2.64. The first-order chi connectivity index (χ1) is 9.41. The topological polar surface area (TPSA) is 15.3 Å². The van der Waals surface area contributed by atoms with Gasteiger partial charge in [0.2, 0.25) is 0 Å². The molecule has 1 saturated heterocycles. The Morgan fingerprint density at radius 2 is 1.95 bits per heavy atom. The molecule has 0 aromatic heterocycles. The molecule has 0 bridgehead atoms. The highest BCUT2D eigenvalue weighted by Crippen LogP contribution is 2.29. The normalized spacial score (nSPS) is 21.9. The van der Waals surface area contributed by atoms with Crippen molar-refractivity contribution in [1.29, 1.82) is 0 Å². The van der Waals surface area contributed by atoms with Crippen LogP contribution in [-0.2, 0) is 6.54 Å². The summed E-state index contributed by atoms with van der Waals surface area (Å²) in [5, 5.41) is 3.80. The van der Waals surface area contributed by atoms with Gasteiger partial charge in [-0.2, -0.15) is 0 Å². The molecule has 1 aliphatic rings. The number of halogens is 1. The van der Waals surface area contributed by atoms with Gasteiger partial charge in [-0.15, -0.1) is 0 Å². The summed E-state index contributed by atoms with van der Waals surface area (Å²) < 4.78 is 1.17. The summed E-state index contributed by atoms with van der Waals surface area (Å²) in [7, 11) is 0. The van der Waals surface area contributed by atoms with E-state index in [0.717, 1.165) is 19.6 Å². The molecule has 0 atom stereocenters. The average Bonchev–Trinajstić information content (AvgIpc) is 2.42. The van der Waals surface area contributed by atoms with E-state index in [-0.39, 0.29) is 11.1 Å². The minimum Gasteiger partial charge on any atom is -0.308 e. The molecule has 0 saturated carbocycles. The fourth-order valence-corrected chi connectivity index (χ4v) is 3.45. The largest absolute Gasteiger partial charge is 0.308 e. The number of hydrogen-bond donors (Lipinski definition) is 1. The van der Waals surface area contributed by atoms with Gasteiger partial charge in [-0.25, -0.2) is 0 Å². The van der Waals surface area contributed by atoms with E-state index in [1.807, 2.05) is 0 Å². The van der Waals surface area contributed by atoms with Crippen LogP contribution in [0.5, 0.6) is 0 Å². The van der Waals surface area contributed by atoms with E-state index in [9.17, 15) is 0 Å². The van der Waals surface area contributed by atoms with E-state index in [4.69, 9.17) is 0 Å². The second kappa shape index (κ2) is 6.17. The molecule has 0 amide bonds. The standard InChI is InChI=1S/C17H27BrN2/c1-5-17(6-2)13-20(16(3,4)12-19-17)11-14-8-7-9-15(18)10-14/h7-10,19H,5-6,11-13H2,1-4H3. The molecule has 112 valence electrons. The van der Waals surface area contributed by atoms with Gasteiger partial charge in [-0.1, -0.05) is 41.9 Å². The Morgan fingerprint density at radius 3 is 2.55 bits per heavy atom. The van der Waals surface area contributed by atoms with Crippen molar-refractivity contribution in [3.8, 4) is 0 Å². The van der Waals surface area contributed by atoms with Gasteiger partial charge < -0.3 is 5.32 Å². The van der Waals surface area contributed by atoms with Gasteiger partial charge >= 0.3 is 0 Å². The Balaban J connectivity index is 2.18. The average molecular weight is 339 g/mol. The summed E-state index contributed by atoms with van der Waals surface area (Å²) in [6, 6.07) is 8.68. The van der Waals surface area contributed by atoms with Crippen LogP contribution in [0.3, 0.4) is 0 Å². The highest BCUT2D eigenvalue weighted by Gasteiger charge is 2.40. The fraction of sp³-hybridized carbons (Fsp3) is 0.647. The van der Waals surface area contributed by atoms with Crippen molar-refractivity contribution in [1.82, 2.24) is 10.2 Å². The first-order valence-corrected chi connectivity index (χ1v) is 8.44. The van der Waals surface area contributed by atoms with Crippen LogP contribution in [0.2, 0.25) is 0 Å². The lowest BCUT2D eigenvalue weighted by atomic mass is 9.84. The molecule has 0 aliphatic carbocycles. The van der Waals surface area contributed by atoms with Crippen molar-refractivity contribution in [2.24, 2.45) is 0 Å².